The van der Waals surface area contributed by atoms with E-state index < -0.39 is 16.7 Å². The van der Waals surface area contributed by atoms with E-state index in [2.05, 4.69) is 0 Å². The van der Waals surface area contributed by atoms with Gasteiger partial charge in [0.2, 0.25) is 0 Å². The molecule has 0 aromatic heterocycles. The van der Waals surface area contributed by atoms with Gasteiger partial charge in [0.15, 0.2) is 0 Å². The zero-order valence-corrected chi connectivity index (χ0v) is 12.0. The number of nitro benzene ring substituents is 1. The highest BCUT2D eigenvalue weighted by Crippen LogP contribution is 2.32. The average Bonchev–Trinajstić information content (AvgIpc) is 2.59. The molecular formula is C13H16N4O4. The van der Waals surface area contributed by atoms with Crippen LogP contribution in [0.2, 0.25) is 0 Å². The molecule has 0 spiro atoms. The Balaban J connectivity index is 2.45. The van der Waals surface area contributed by atoms with Crippen LogP contribution in [-0.2, 0) is 0 Å². The van der Waals surface area contributed by atoms with Crippen LogP contribution in [0.15, 0.2) is 12.1 Å². The molecule has 1 atom stereocenters. The van der Waals surface area contributed by atoms with E-state index in [1.54, 1.807) is 6.92 Å². The molecule has 0 aliphatic carbocycles. The second-order valence-electron chi connectivity index (χ2n) is 5.31. The Bertz CT molecular complexity index is 641. The first-order chi connectivity index (χ1) is 9.73. The van der Waals surface area contributed by atoms with Gasteiger partial charge >= 0.3 is 0 Å². The number of fused-ring (bicyclic) bond motifs is 1. The van der Waals surface area contributed by atoms with Gasteiger partial charge in [-0.1, -0.05) is 0 Å². The third-order valence-electron chi connectivity index (χ3n) is 3.33. The van der Waals surface area contributed by atoms with Gasteiger partial charge in [-0.25, -0.2) is 0 Å². The van der Waals surface area contributed by atoms with Gasteiger partial charge in [-0.15, -0.1) is 0 Å². The molecule has 0 saturated heterocycles. The number of nitrogens with two attached hydrogens (primary N) is 1. The van der Waals surface area contributed by atoms with E-state index in [-0.39, 0.29) is 28.5 Å². The molecule has 2 amide bonds. The number of carbonyl (C=O) groups excluding carboxylic acids is 2. The maximum absolute atomic E-state index is 12.3. The largest absolute Gasteiger partial charge is 0.393 e. The van der Waals surface area contributed by atoms with Crippen LogP contribution in [0.25, 0.3) is 0 Å². The van der Waals surface area contributed by atoms with E-state index in [1.807, 2.05) is 19.0 Å². The molecule has 2 N–H and O–H groups in total. The first-order valence-corrected chi connectivity index (χ1v) is 6.34. The molecule has 1 aromatic carbocycles. The van der Waals surface area contributed by atoms with Crippen molar-refractivity contribution in [2.24, 2.45) is 0 Å². The Morgan fingerprint density at radius 2 is 1.81 bits per heavy atom. The van der Waals surface area contributed by atoms with Crippen molar-refractivity contribution in [2.45, 2.75) is 13.0 Å². The van der Waals surface area contributed by atoms with Gasteiger partial charge in [-0.2, -0.15) is 0 Å². The van der Waals surface area contributed by atoms with Gasteiger partial charge < -0.3 is 10.6 Å². The molecule has 21 heavy (non-hydrogen) atoms. The van der Waals surface area contributed by atoms with Crippen LogP contribution in [0.1, 0.15) is 27.6 Å². The summed E-state index contributed by atoms with van der Waals surface area (Å²) in [6.07, 6.45) is 0. The molecule has 0 radical (unpaired) electrons. The van der Waals surface area contributed by atoms with Crippen molar-refractivity contribution < 1.29 is 14.5 Å². The van der Waals surface area contributed by atoms with E-state index >= 15 is 0 Å². The summed E-state index contributed by atoms with van der Waals surface area (Å²) in [6, 6.07) is 1.94. The zero-order valence-electron chi connectivity index (χ0n) is 12.0. The zero-order chi connectivity index (χ0) is 15.9. The maximum atomic E-state index is 12.3. The molecule has 8 nitrogen and oxygen atoms in total. The Morgan fingerprint density at radius 3 is 2.29 bits per heavy atom. The second-order valence-corrected chi connectivity index (χ2v) is 5.31. The quantitative estimate of drug-likeness (QED) is 0.379. The summed E-state index contributed by atoms with van der Waals surface area (Å²) in [5.74, 6) is -0.988. The molecule has 8 heteroatoms. The summed E-state index contributed by atoms with van der Waals surface area (Å²) in [6.45, 7) is 2.25. The van der Waals surface area contributed by atoms with Crippen LogP contribution in [0, 0.1) is 10.1 Å². The minimum Gasteiger partial charge on any atom is -0.393 e. The molecule has 2 rings (SSSR count). The number of rotatable bonds is 4. The minimum absolute atomic E-state index is 0.0338. The molecule has 1 aliphatic rings. The summed E-state index contributed by atoms with van der Waals surface area (Å²) in [5.41, 5.74) is 5.24. The number of hydrogen-bond donors (Lipinski definition) is 1. The number of amides is 2. The van der Waals surface area contributed by atoms with Crippen molar-refractivity contribution in [3.63, 3.8) is 0 Å². The number of hydrogen-bond acceptors (Lipinski definition) is 6. The van der Waals surface area contributed by atoms with Gasteiger partial charge in [-0.05, 0) is 27.1 Å². The average molecular weight is 292 g/mol. The Kier molecular flexibility index (Phi) is 3.65. The topological polar surface area (TPSA) is 110 Å². The van der Waals surface area contributed by atoms with Crippen LogP contribution in [0.3, 0.4) is 0 Å². The fraction of sp³-hybridized carbons (Fsp3) is 0.385. The molecule has 1 aliphatic heterocycles. The minimum atomic E-state index is -0.667. The number of nitrogen functional groups attached to an aromatic ring is 1. The van der Waals surface area contributed by atoms with Crippen LogP contribution in [0.5, 0.6) is 0 Å². The van der Waals surface area contributed by atoms with E-state index in [0.717, 1.165) is 11.0 Å². The third-order valence-corrected chi connectivity index (χ3v) is 3.33. The number of nitro groups is 1. The molecule has 0 saturated carbocycles. The Labute approximate surface area is 121 Å². The molecule has 1 aromatic rings. The van der Waals surface area contributed by atoms with Crippen molar-refractivity contribution in [2.75, 3.05) is 26.4 Å². The molecule has 1 heterocycles. The lowest BCUT2D eigenvalue weighted by molar-refractivity contribution is -0.383. The first kappa shape index (κ1) is 14.9. The van der Waals surface area contributed by atoms with Crippen molar-refractivity contribution >= 4 is 23.2 Å². The Morgan fingerprint density at radius 1 is 1.29 bits per heavy atom. The SMILES string of the molecule is CC(CN(C)C)N1C(=O)c2cc(N)c([N+](=O)[O-])cc2C1=O. The number of nitrogens with zero attached hydrogens (tertiary/aromatic N) is 3. The highest BCUT2D eigenvalue weighted by molar-refractivity contribution is 6.22. The van der Waals surface area contributed by atoms with Gasteiger partial charge in [0.05, 0.1) is 22.1 Å². The molecule has 0 fully saturated rings. The van der Waals surface area contributed by atoms with Crippen LogP contribution >= 0.6 is 0 Å². The van der Waals surface area contributed by atoms with E-state index in [4.69, 9.17) is 5.73 Å². The van der Waals surface area contributed by atoms with Gasteiger partial charge in [0.1, 0.15) is 5.69 Å². The molecule has 112 valence electrons. The lowest BCUT2D eigenvalue weighted by atomic mass is 10.1. The molecule has 0 bridgehead atoms. The van der Waals surface area contributed by atoms with Crippen molar-refractivity contribution in [3.05, 3.63) is 33.4 Å². The summed E-state index contributed by atoms with van der Waals surface area (Å²) in [4.78, 5) is 37.8. The highest BCUT2D eigenvalue weighted by Gasteiger charge is 2.40. The monoisotopic (exact) mass is 292 g/mol. The normalized spacial score (nSPS) is 15.5. The van der Waals surface area contributed by atoms with Crippen molar-refractivity contribution in [1.29, 1.82) is 0 Å². The van der Waals surface area contributed by atoms with E-state index in [0.29, 0.717) is 6.54 Å². The van der Waals surface area contributed by atoms with Crippen LogP contribution in [-0.4, -0.2) is 53.2 Å². The van der Waals surface area contributed by atoms with Crippen molar-refractivity contribution in [1.82, 2.24) is 9.80 Å². The Hall–Kier alpha value is -2.48. The second kappa shape index (κ2) is 5.13. The lowest BCUT2D eigenvalue weighted by Crippen LogP contribution is -2.43. The third kappa shape index (κ3) is 2.45. The fourth-order valence-electron chi connectivity index (χ4n) is 2.48. The van der Waals surface area contributed by atoms with Gasteiger partial charge in [-0.3, -0.25) is 24.6 Å². The maximum Gasteiger partial charge on any atom is 0.292 e. The number of carbonyl (C=O) groups is 2. The first-order valence-electron chi connectivity index (χ1n) is 6.34. The predicted molar refractivity (Wildman–Crippen MR) is 76.0 cm³/mol. The summed E-state index contributed by atoms with van der Waals surface area (Å²) < 4.78 is 0. The van der Waals surface area contributed by atoms with Gasteiger partial charge in [0, 0.05) is 12.6 Å². The summed E-state index contributed by atoms with van der Waals surface area (Å²) >= 11 is 0. The number of benzene rings is 1. The van der Waals surface area contributed by atoms with E-state index in [9.17, 15) is 19.7 Å². The van der Waals surface area contributed by atoms with Crippen LogP contribution in [0.4, 0.5) is 11.4 Å². The molecular weight excluding hydrogens is 276 g/mol. The number of anilines is 1. The molecule has 1 unspecified atom stereocenters. The summed E-state index contributed by atoms with van der Waals surface area (Å²) in [5, 5.41) is 10.9. The predicted octanol–water partition coefficient (Wildman–Crippen LogP) is 0.723. The van der Waals surface area contributed by atoms with Crippen LogP contribution < -0.4 is 5.73 Å². The van der Waals surface area contributed by atoms with E-state index in [1.165, 1.54) is 6.07 Å². The van der Waals surface area contributed by atoms with Gasteiger partial charge in [0.25, 0.3) is 17.5 Å². The standard InChI is InChI=1S/C13H16N4O4/c1-7(6-15(2)3)16-12(18)8-4-10(14)11(17(20)21)5-9(8)13(16)19/h4-5,7H,6,14H2,1-3H3. The lowest BCUT2D eigenvalue weighted by Gasteiger charge is -2.25. The highest BCUT2D eigenvalue weighted by atomic mass is 16.6. The fourth-order valence-corrected chi connectivity index (χ4v) is 2.48. The smallest absolute Gasteiger partial charge is 0.292 e. The number of imide groups is 1. The number of likely N-dealkylation sites (N-methyl/N-ethyl adjacent to an activating group) is 1. The summed E-state index contributed by atoms with van der Waals surface area (Å²) in [7, 11) is 3.66. The van der Waals surface area contributed by atoms with Crippen molar-refractivity contribution in [3.8, 4) is 0 Å².